The molecule has 1 aliphatic rings. The molecule has 0 saturated carbocycles. The summed E-state index contributed by atoms with van der Waals surface area (Å²) in [4.78, 5) is 27.0. The van der Waals surface area contributed by atoms with E-state index >= 15 is 0 Å². The Labute approximate surface area is 215 Å². The van der Waals surface area contributed by atoms with Crippen molar-refractivity contribution in [3.8, 4) is 16.9 Å². The van der Waals surface area contributed by atoms with Gasteiger partial charge in [-0.1, -0.05) is 60.7 Å². The molecule has 37 heavy (non-hydrogen) atoms. The summed E-state index contributed by atoms with van der Waals surface area (Å²) in [5, 5.41) is 7.80. The number of hydrogen-bond acceptors (Lipinski definition) is 3. The minimum Gasteiger partial charge on any atom is -0.350 e. The van der Waals surface area contributed by atoms with Gasteiger partial charge < -0.3 is 10.2 Å². The highest BCUT2D eigenvalue weighted by Crippen LogP contribution is 2.25. The standard InChI is InChI=1S/C30H27FN4O2/c31-27-14-8-7-13-26(27)30(37)34-19-17-24(18-20-34)32-28(36)16-15-23-21-35(25-11-5-2-6-12-25)33-29(23)22-9-3-1-4-10-22/h1-16,21,24H,17-20H2,(H,32,36)/b16-15+. The van der Waals surface area contributed by atoms with E-state index in [0.29, 0.717) is 25.9 Å². The molecule has 0 radical (unpaired) electrons. The maximum Gasteiger partial charge on any atom is 0.256 e. The Morgan fingerprint density at radius 1 is 0.892 bits per heavy atom. The molecule has 0 bridgehead atoms. The number of likely N-dealkylation sites (tertiary alicyclic amines) is 1. The highest BCUT2D eigenvalue weighted by molar-refractivity contribution is 5.95. The molecule has 4 aromatic rings. The molecule has 186 valence electrons. The van der Waals surface area contributed by atoms with Crippen LogP contribution in [0.1, 0.15) is 28.8 Å². The van der Waals surface area contributed by atoms with Crippen LogP contribution in [0, 0.1) is 5.82 Å². The highest BCUT2D eigenvalue weighted by atomic mass is 19.1. The Morgan fingerprint density at radius 3 is 2.24 bits per heavy atom. The molecule has 0 unspecified atom stereocenters. The average Bonchev–Trinajstić information content (AvgIpc) is 3.38. The summed E-state index contributed by atoms with van der Waals surface area (Å²) in [5.74, 6) is -1.03. The molecule has 1 saturated heterocycles. The van der Waals surface area contributed by atoms with Gasteiger partial charge >= 0.3 is 0 Å². The number of nitrogens with zero attached hydrogens (tertiary/aromatic N) is 3. The van der Waals surface area contributed by atoms with Gasteiger partial charge in [0.25, 0.3) is 5.91 Å². The van der Waals surface area contributed by atoms with Crippen LogP contribution in [0.5, 0.6) is 0 Å². The van der Waals surface area contributed by atoms with Crippen LogP contribution in [-0.4, -0.2) is 45.6 Å². The molecule has 2 amide bonds. The number of benzene rings is 3. The number of hydrogen-bond donors (Lipinski definition) is 1. The number of aromatic nitrogens is 2. The third-order valence-electron chi connectivity index (χ3n) is 6.46. The second-order valence-electron chi connectivity index (χ2n) is 8.97. The number of piperidine rings is 1. The topological polar surface area (TPSA) is 67.2 Å². The monoisotopic (exact) mass is 494 g/mol. The number of nitrogens with one attached hydrogen (secondary N) is 1. The van der Waals surface area contributed by atoms with E-state index in [4.69, 9.17) is 5.10 Å². The van der Waals surface area contributed by atoms with Crippen molar-refractivity contribution < 1.29 is 14.0 Å². The fourth-order valence-electron chi connectivity index (χ4n) is 4.49. The van der Waals surface area contributed by atoms with Crippen LogP contribution in [0.25, 0.3) is 23.0 Å². The molecule has 3 aromatic carbocycles. The number of para-hydroxylation sites is 1. The van der Waals surface area contributed by atoms with Gasteiger partial charge in [-0.2, -0.15) is 5.10 Å². The normalized spacial score (nSPS) is 14.1. The molecular formula is C30H27FN4O2. The van der Waals surface area contributed by atoms with Gasteiger partial charge in [-0.25, -0.2) is 9.07 Å². The van der Waals surface area contributed by atoms with E-state index in [1.807, 2.05) is 71.5 Å². The third kappa shape index (κ3) is 5.67. The van der Waals surface area contributed by atoms with Gasteiger partial charge in [-0.15, -0.1) is 0 Å². The fourth-order valence-corrected chi connectivity index (χ4v) is 4.49. The fraction of sp³-hybridized carbons (Fsp3) is 0.167. The van der Waals surface area contributed by atoms with Crippen LogP contribution in [0.15, 0.2) is 97.2 Å². The lowest BCUT2D eigenvalue weighted by Crippen LogP contribution is -2.46. The second kappa shape index (κ2) is 11.0. The van der Waals surface area contributed by atoms with E-state index in [-0.39, 0.29) is 23.4 Å². The van der Waals surface area contributed by atoms with Gasteiger partial charge in [0.05, 0.1) is 16.9 Å². The van der Waals surface area contributed by atoms with Gasteiger partial charge in [0.1, 0.15) is 5.82 Å². The SMILES string of the molecule is O=C(/C=C/c1cn(-c2ccccc2)nc1-c1ccccc1)NC1CCN(C(=O)c2ccccc2F)CC1. The molecule has 5 rings (SSSR count). The van der Waals surface area contributed by atoms with Crippen LogP contribution in [0.4, 0.5) is 4.39 Å². The quantitative estimate of drug-likeness (QED) is 0.379. The van der Waals surface area contributed by atoms with Gasteiger partial charge in [-0.3, -0.25) is 9.59 Å². The third-order valence-corrected chi connectivity index (χ3v) is 6.46. The van der Waals surface area contributed by atoms with Crippen LogP contribution >= 0.6 is 0 Å². The molecule has 1 N–H and O–H groups in total. The summed E-state index contributed by atoms with van der Waals surface area (Å²) in [6, 6.07) is 25.6. The first-order valence-electron chi connectivity index (χ1n) is 12.3. The van der Waals surface area contributed by atoms with Gasteiger partial charge in [0.2, 0.25) is 5.91 Å². The molecule has 0 atom stereocenters. The summed E-state index contributed by atoms with van der Waals surface area (Å²) in [6.45, 7) is 0.924. The highest BCUT2D eigenvalue weighted by Gasteiger charge is 2.25. The summed E-state index contributed by atoms with van der Waals surface area (Å²) in [7, 11) is 0. The van der Waals surface area contributed by atoms with E-state index < -0.39 is 5.82 Å². The first-order valence-corrected chi connectivity index (χ1v) is 12.3. The molecule has 2 heterocycles. The van der Waals surface area contributed by atoms with Crippen LogP contribution in [0.3, 0.4) is 0 Å². The molecular weight excluding hydrogens is 467 g/mol. The number of halogens is 1. The van der Waals surface area contributed by atoms with Crippen molar-refractivity contribution in [3.63, 3.8) is 0 Å². The van der Waals surface area contributed by atoms with Gasteiger partial charge in [0.15, 0.2) is 0 Å². The molecule has 0 aliphatic carbocycles. The molecule has 1 aromatic heterocycles. The Hall–Kier alpha value is -4.52. The Kier molecular flexibility index (Phi) is 7.21. The van der Waals surface area contributed by atoms with E-state index in [1.165, 1.54) is 18.2 Å². The zero-order valence-electron chi connectivity index (χ0n) is 20.3. The molecule has 1 fully saturated rings. The van der Waals surface area contributed by atoms with Crippen molar-refractivity contribution in [1.29, 1.82) is 0 Å². The van der Waals surface area contributed by atoms with Crippen molar-refractivity contribution in [2.24, 2.45) is 0 Å². The smallest absolute Gasteiger partial charge is 0.256 e. The largest absolute Gasteiger partial charge is 0.350 e. The van der Waals surface area contributed by atoms with Crippen LogP contribution in [0.2, 0.25) is 0 Å². The van der Waals surface area contributed by atoms with Crippen molar-refractivity contribution in [3.05, 3.63) is 114 Å². The second-order valence-corrected chi connectivity index (χ2v) is 8.97. The predicted molar refractivity (Wildman–Crippen MR) is 142 cm³/mol. The zero-order valence-corrected chi connectivity index (χ0v) is 20.3. The number of carbonyl (C=O) groups excluding carboxylic acids is 2. The number of carbonyl (C=O) groups is 2. The molecule has 7 heteroatoms. The predicted octanol–water partition coefficient (Wildman–Crippen LogP) is 5.11. The first-order chi connectivity index (χ1) is 18.1. The number of amides is 2. The summed E-state index contributed by atoms with van der Waals surface area (Å²) < 4.78 is 15.8. The van der Waals surface area contributed by atoms with Crippen molar-refractivity contribution >= 4 is 17.9 Å². The zero-order chi connectivity index (χ0) is 25.6. The van der Waals surface area contributed by atoms with E-state index in [1.54, 1.807) is 23.1 Å². The Balaban J connectivity index is 1.24. The molecule has 6 nitrogen and oxygen atoms in total. The first kappa shape index (κ1) is 24.2. The Bertz CT molecular complexity index is 1410. The lowest BCUT2D eigenvalue weighted by Gasteiger charge is -2.32. The summed E-state index contributed by atoms with van der Waals surface area (Å²) in [6.07, 6.45) is 6.44. The molecule has 1 aliphatic heterocycles. The maximum absolute atomic E-state index is 14.0. The van der Waals surface area contributed by atoms with E-state index in [2.05, 4.69) is 5.32 Å². The average molecular weight is 495 g/mol. The van der Waals surface area contributed by atoms with E-state index in [9.17, 15) is 14.0 Å². The summed E-state index contributed by atoms with van der Waals surface area (Å²) >= 11 is 0. The van der Waals surface area contributed by atoms with Crippen LogP contribution in [-0.2, 0) is 4.79 Å². The summed E-state index contributed by atoms with van der Waals surface area (Å²) in [5.41, 5.74) is 3.59. The van der Waals surface area contributed by atoms with E-state index in [0.717, 1.165) is 22.5 Å². The van der Waals surface area contributed by atoms with Crippen LogP contribution < -0.4 is 5.32 Å². The van der Waals surface area contributed by atoms with Crippen molar-refractivity contribution in [2.75, 3.05) is 13.1 Å². The lowest BCUT2D eigenvalue weighted by molar-refractivity contribution is -0.117. The lowest BCUT2D eigenvalue weighted by atomic mass is 10.0. The maximum atomic E-state index is 14.0. The molecule has 0 spiro atoms. The van der Waals surface area contributed by atoms with Crippen molar-refractivity contribution in [1.82, 2.24) is 20.0 Å². The minimum atomic E-state index is -0.515. The Morgan fingerprint density at radius 2 is 1.54 bits per heavy atom. The minimum absolute atomic E-state index is 0.0533. The van der Waals surface area contributed by atoms with Gasteiger partial charge in [0, 0.05) is 42.5 Å². The van der Waals surface area contributed by atoms with Gasteiger partial charge in [-0.05, 0) is 43.2 Å². The number of rotatable bonds is 6. The van der Waals surface area contributed by atoms with Crippen molar-refractivity contribution in [2.45, 2.75) is 18.9 Å².